The van der Waals surface area contributed by atoms with Crippen molar-refractivity contribution in [3.8, 4) is 0 Å². The zero-order valence-corrected chi connectivity index (χ0v) is 13.7. The molecule has 5 nitrogen and oxygen atoms in total. The maximum atomic E-state index is 12.0. The Morgan fingerprint density at radius 3 is 2.21 bits per heavy atom. The summed E-state index contributed by atoms with van der Waals surface area (Å²) in [4.78, 5) is 13.7. The molecular formula is C13H28N2O3S. The molecule has 0 heterocycles. The number of amides is 1. The van der Waals surface area contributed by atoms with E-state index in [-0.39, 0.29) is 24.9 Å². The van der Waals surface area contributed by atoms with Gasteiger partial charge in [-0.05, 0) is 26.4 Å². The van der Waals surface area contributed by atoms with Gasteiger partial charge in [-0.2, -0.15) is 0 Å². The molecule has 1 amide bonds. The molecule has 0 saturated heterocycles. The van der Waals surface area contributed by atoms with Crippen molar-refractivity contribution in [1.82, 2.24) is 9.21 Å². The number of nitrogens with zero attached hydrogens (tertiary/aromatic N) is 2. The van der Waals surface area contributed by atoms with Crippen LogP contribution in [-0.2, 0) is 14.8 Å². The van der Waals surface area contributed by atoms with E-state index in [0.717, 1.165) is 36.2 Å². The van der Waals surface area contributed by atoms with Crippen LogP contribution in [0.3, 0.4) is 0 Å². The van der Waals surface area contributed by atoms with Crippen LogP contribution >= 0.6 is 0 Å². The van der Waals surface area contributed by atoms with Crippen molar-refractivity contribution >= 4 is 15.9 Å². The number of carbonyl (C=O) groups is 1. The lowest BCUT2D eigenvalue weighted by Gasteiger charge is -2.25. The molecule has 0 aromatic rings. The van der Waals surface area contributed by atoms with Crippen molar-refractivity contribution in [2.45, 2.75) is 39.5 Å². The summed E-state index contributed by atoms with van der Waals surface area (Å²) in [6.07, 6.45) is 5.42. The summed E-state index contributed by atoms with van der Waals surface area (Å²) < 4.78 is 24.4. The van der Waals surface area contributed by atoms with Crippen molar-refractivity contribution in [2.75, 3.05) is 33.4 Å². The molecule has 0 fully saturated rings. The molecular weight excluding hydrogens is 264 g/mol. The molecule has 0 aliphatic heterocycles. The lowest BCUT2D eigenvalue weighted by Crippen LogP contribution is -2.43. The first kappa shape index (κ1) is 18.4. The Kier molecular flexibility index (Phi) is 8.25. The Morgan fingerprint density at radius 2 is 1.79 bits per heavy atom. The molecule has 0 N–H and O–H groups in total. The monoisotopic (exact) mass is 292 g/mol. The lowest BCUT2D eigenvalue weighted by atomic mass is 10.0. The van der Waals surface area contributed by atoms with Crippen LogP contribution in [0.1, 0.15) is 39.5 Å². The van der Waals surface area contributed by atoms with Crippen LogP contribution in [0, 0.1) is 5.92 Å². The Labute approximate surface area is 118 Å². The number of rotatable bonds is 9. The first-order valence-electron chi connectivity index (χ1n) is 6.83. The molecule has 1 atom stereocenters. The smallest absolute Gasteiger partial charge is 0.250 e. The third-order valence-corrected chi connectivity index (χ3v) is 4.06. The molecule has 0 radical (unpaired) electrons. The summed E-state index contributed by atoms with van der Waals surface area (Å²) in [5, 5.41) is 0. The molecule has 0 aliphatic rings. The molecule has 1 unspecified atom stereocenters. The topological polar surface area (TPSA) is 57.7 Å². The van der Waals surface area contributed by atoms with Crippen LogP contribution in [0.2, 0.25) is 0 Å². The van der Waals surface area contributed by atoms with Crippen molar-refractivity contribution in [3.63, 3.8) is 0 Å². The summed E-state index contributed by atoms with van der Waals surface area (Å²) in [5.74, 6) is -0.151. The molecule has 114 valence electrons. The fourth-order valence-corrected chi connectivity index (χ4v) is 2.84. The zero-order valence-electron chi connectivity index (χ0n) is 12.8. The minimum Gasteiger partial charge on any atom is -0.301 e. The molecule has 0 aliphatic carbocycles. The second-order valence-corrected chi connectivity index (χ2v) is 7.43. The molecule has 0 aromatic heterocycles. The summed E-state index contributed by atoms with van der Waals surface area (Å²) >= 11 is 0. The van der Waals surface area contributed by atoms with E-state index < -0.39 is 10.0 Å². The van der Waals surface area contributed by atoms with Gasteiger partial charge in [-0.25, -0.2) is 12.7 Å². The predicted octanol–water partition coefficient (Wildman–Crippen LogP) is 1.55. The third kappa shape index (κ3) is 8.21. The van der Waals surface area contributed by atoms with E-state index in [9.17, 15) is 13.2 Å². The number of sulfonamides is 1. The molecule has 0 saturated carbocycles. The summed E-state index contributed by atoms with van der Waals surface area (Å²) in [7, 11) is 0.0277. The molecule has 0 aromatic carbocycles. The summed E-state index contributed by atoms with van der Waals surface area (Å²) in [6.45, 7) is 4.54. The van der Waals surface area contributed by atoms with E-state index in [2.05, 4.69) is 6.92 Å². The molecule has 19 heavy (non-hydrogen) atoms. The van der Waals surface area contributed by atoms with Crippen LogP contribution < -0.4 is 0 Å². The van der Waals surface area contributed by atoms with Crippen molar-refractivity contribution in [2.24, 2.45) is 5.92 Å². The molecule has 0 bridgehead atoms. The predicted molar refractivity (Wildman–Crippen MR) is 78.4 cm³/mol. The van der Waals surface area contributed by atoms with Gasteiger partial charge in [-0.3, -0.25) is 4.79 Å². The first-order valence-corrected chi connectivity index (χ1v) is 8.68. The SMILES string of the molecule is CCCCCC(C)CN(C(=O)CN(C)C)S(C)(=O)=O. The summed E-state index contributed by atoms with van der Waals surface area (Å²) in [6, 6.07) is 0. The zero-order chi connectivity index (χ0) is 15.1. The maximum absolute atomic E-state index is 12.0. The van der Waals surface area contributed by atoms with Gasteiger partial charge in [0.15, 0.2) is 0 Å². The van der Waals surface area contributed by atoms with E-state index in [1.807, 2.05) is 6.92 Å². The maximum Gasteiger partial charge on any atom is 0.250 e. The van der Waals surface area contributed by atoms with Gasteiger partial charge >= 0.3 is 0 Å². The fraction of sp³-hybridized carbons (Fsp3) is 0.923. The van der Waals surface area contributed by atoms with Crippen LogP contribution in [0.25, 0.3) is 0 Å². The van der Waals surface area contributed by atoms with Crippen LogP contribution in [-0.4, -0.2) is 57.0 Å². The average molecular weight is 292 g/mol. The van der Waals surface area contributed by atoms with E-state index in [1.54, 1.807) is 19.0 Å². The van der Waals surface area contributed by atoms with E-state index in [1.165, 1.54) is 0 Å². The number of carbonyl (C=O) groups excluding carboxylic acids is 1. The average Bonchev–Trinajstić information content (AvgIpc) is 2.23. The fourth-order valence-electron chi connectivity index (χ4n) is 1.89. The van der Waals surface area contributed by atoms with Gasteiger partial charge in [-0.1, -0.05) is 33.1 Å². The van der Waals surface area contributed by atoms with Crippen LogP contribution in [0.15, 0.2) is 0 Å². The largest absolute Gasteiger partial charge is 0.301 e. The van der Waals surface area contributed by atoms with Gasteiger partial charge in [0.2, 0.25) is 15.9 Å². The Bertz CT molecular complexity index is 366. The molecule has 6 heteroatoms. The van der Waals surface area contributed by atoms with E-state index in [4.69, 9.17) is 0 Å². The summed E-state index contributed by atoms with van der Waals surface area (Å²) in [5.41, 5.74) is 0. The van der Waals surface area contributed by atoms with Gasteiger partial charge in [0.1, 0.15) is 0 Å². The van der Waals surface area contributed by atoms with Gasteiger partial charge in [0, 0.05) is 6.54 Å². The minimum atomic E-state index is -3.48. The van der Waals surface area contributed by atoms with Gasteiger partial charge in [0.05, 0.1) is 12.8 Å². The van der Waals surface area contributed by atoms with Gasteiger partial charge in [-0.15, -0.1) is 0 Å². The Hall–Kier alpha value is -0.620. The van der Waals surface area contributed by atoms with Gasteiger partial charge in [0.25, 0.3) is 0 Å². The first-order chi connectivity index (χ1) is 8.68. The third-order valence-electron chi connectivity index (χ3n) is 2.91. The number of unbranched alkanes of at least 4 members (excludes halogenated alkanes) is 2. The van der Waals surface area contributed by atoms with E-state index in [0.29, 0.717) is 0 Å². The van der Waals surface area contributed by atoms with Crippen LogP contribution in [0.4, 0.5) is 0 Å². The second-order valence-electron chi connectivity index (χ2n) is 5.53. The van der Waals surface area contributed by atoms with Gasteiger partial charge < -0.3 is 4.90 Å². The number of hydrogen-bond donors (Lipinski definition) is 0. The second kappa shape index (κ2) is 8.53. The van der Waals surface area contributed by atoms with Crippen molar-refractivity contribution in [3.05, 3.63) is 0 Å². The normalized spacial score (nSPS) is 13.6. The molecule has 0 rings (SSSR count). The highest BCUT2D eigenvalue weighted by Crippen LogP contribution is 2.13. The molecule has 0 spiro atoms. The quantitative estimate of drug-likeness (QED) is 0.605. The van der Waals surface area contributed by atoms with Crippen LogP contribution in [0.5, 0.6) is 0 Å². The Morgan fingerprint density at radius 1 is 1.21 bits per heavy atom. The number of hydrogen-bond acceptors (Lipinski definition) is 4. The van der Waals surface area contributed by atoms with E-state index >= 15 is 0 Å². The highest BCUT2D eigenvalue weighted by atomic mass is 32.2. The standard InChI is InChI=1S/C13H28N2O3S/c1-6-7-8-9-12(2)10-15(19(5,17)18)13(16)11-14(3)4/h12H,6-11H2,1-5H3. The van der Waals surface area contributed by atoms with Crippen molar-refractivity contribution < 1.29 is 13.2 Å². The highest BCUT2D eigenvalue weighted by Gasteiger charge is 2.25. The lowest BCUT2D eigenvalue weighted by molar-refractivity contribution is -0.127. The Balaban J connectivity index is 4.57. The number of likely N-dealkylation sites (N-methyl/N-ethyl adjacent to an activating group) is 1. The van der Waals surface area contributed by atoms with Crippen molar-refractivity contribution in [1.29, 1.82) is 0 Å². The highest BCUT2D eigenvalue weighted by molar-refractivity contribution is 7.88. The minimum absolute atomic E-state index is 0.120.